The Balaban J connectivity index is 1.39. The van der Waals surface area contributed by atoms with E-state index in [1.807, 2.05) is 55.5 Å². The molecule has 0 aliphatic carbocycles. The molecule has 1 amide bonds. The van der Waals surface area contributed by atoms with Crippen LogP contribution in [0.15, 0.2) is 66.7 Å². The molecule has 0 aliphatic rings. The molecule has 0 saturated heterocycles. The number of rotatable bonds is 9. The van der Waals surface area contributed by atoms with Gasteiger partial charge in [0.25, 0.3) is 5.91 Å². The molecule has 0 fully saturated rings. The summed E-state index contributed by atoms with van der Waals surface area (Å²) in [5.41, 5.74) is 3.41. The minimum Gasteiger partial charge on any atom is -0.494 e. The summed E-state index contributed by atoms with van der Waals surface area (Å²) in [6, 6.07) is 20.1. The largest absolute Gasteiger partial charge is 0.494 e. The summed E-state index contributed by atoms with van der Waals surface area (Å²) in [7, 11) is 0. The third-order valence-electron chi connectivity index (χ3n) is 5.11. The number of carbonyl (C=O) groups excluding carboxylic acids is 1. The van der Waals surface area contributed by atoms with Crippen LogP contribution in [0.1, 0.15) is 37.0 Å². The molecule has 3 aromatic carbocycles. The summed E-state index contributed by atoms with van der Waals surface area (Å²) < 4.78 is 11.2. The Kier molecular flexibility index (Phi) is 7.89. The lowest BCUT2D eigenvalue weighted by atomic mass is 10.2. The van der Waals surface area contributed by atoms with Gasteiger partial charge >= 0.3 is 0 Å². The Morgan fingerprint density at radius 2 is 1.74 bits per heavy atom. The Hall–Kier alpha value is -3.98. The van der Waals surface area contributed by atoms with Crippen molar-refractivity contribution < 1.29 is 14.3 Å². The zero-order valence-corrected chi connectivity index (χ0v) is 20.5. The van der Waals surface area contributed by atoms with Gasteiger partial charge in [0.2, 0.25) is 0 Å². The van der Waals surface area contributed by atoms with E-state index >= 15 is 0 Å². The third kappa shape index (κ3) is 6.33. The second-order valence-corrected chi connectivity index (χ2v) is 8.17. The van der Waals surface area contributed by atoms with Crippen LogP contribution in [0.4, 0.5) is 5.69 Å². The smallest absolute Gasteiger partial charge is 0.257 e. The fraction of sp³-hybridized carbons (Fsp3) is 0.231. The number of benzene rings is 3. The normalized spacial score (nSPS) is 10.7. The lowest BCUT2D eigenvalue weighted by molar-refractivity contribution is 0.0977. The number of carbonyl (C=O) groups is 1. The van der Waals surface area contributed by atoms with E-state index in [1.54, 1.807) is 23.0 Å². The van der Waals surface area contributed by atoms with Gasteiger partial charge in [0, 0.05) is 11.3 Å². The molecule has 0 aliphatic heterocycles. The second kappa shape index (κ2) is 11.4. The molecule has 0 spiro atoms. The van der Waals surface area contributed by atoms with Gasteiger partial charge in [0.1, 0.15) is 22.5 Å². The molecule has 4 rings (SSSR count). The van der Waals surface area contributed by atoms with E-state index in [-0.39, 0.29) is 11.0 Å². The molecule has 0 saturated carbocycles. The highest BCUT2D eigenvalue weighted by molar-refractivity contribution is 7.80. The van der Waals surface area contributed by atoms with Crippen LogP contribution in [-0.2, 0) is 0 Å². The molecule has 0 unspecified atom stereocenters. The van der Waals surface area contributed by atoms with Gasteiger partial charge in [0.15, 0.2) is 5.11 Å². The topological polar surface area (TPSA) is 90.3 Å². The summed E-state index contributed by atoms with van der Waals surface area (Å²) in [4.78, 5) is 14.2. The summed E-state index contributed by atoms with van der Waals surface area (Å²) >= 11 is 5.34. The molecule has 35 heavy (non-hydrogen) atoms. The molecular formula is C26H27N5O3S. The van der Waals surface area contributed by atoms with Crippen molar-refractivity contribution in [1.29, 1.82) is 0 Å². The van der Waals surface area contributed by atoms with E-state index in [0.717, 1.165) is 29.8 Å². The number of hydrogen-bond acceptors (Lipinski definition) is 6. The Labute approximate surface area is 209 Å². The van der Waals surface area contributed by atoms with Crippen LogP contribution in [0.25, 0.3) is 16.7 Å². The van der Waals surface area contributed by atoms with Crippen LogP contribution >= 0.6 is 12.2 Å². The summed E-state index contributed by atoms with van der Waals surface area (Å²) in [5, 5.41) is 15.0. The van der Waals surface area contributed by atoms with Crippen molar-refractivity contribution in [2.24, 2.45) is 0 Å². The maximum atomic E-state index is 12.6. The van der Waals surface area contributed by atoms with Gasteiger partial charge in [-0.05, 0) is 86.2 Å². The number of amides is 1. The molecule has 180 valence electrons. The first-order valence-electron chi connectivity index (χ1n) is 11.5. The van der Waals surface area contributed by atoms with Gasteiger partial charge in [-0.15, -0.1) is 10.2 Å². The number of nitrogens with zero attached hydrogens (tertiary/aromatic N) is 3. The van der Waals surface area contributed by atoms with E-state index in [9.17, 15) is 4.79 Å². The molecule has 9 heteroatoms. The van der Waals surface area contributed by atoms with E-state index in [2.05, 4.69) is 27.8 Å². The number of anilines is 1. The third-order valence-corrected chi connectivity index (χ3v) is 5.31. The zero-order chi connectivity index (χ0) is 24.6. The van der Waals surface area contributed by atoms with Crippen LogP contribution in [-0.4, -0.2) is 39.2 Å². The second-order valence-electron chi connectivity index (χ2n) is 7.76. The van der Waals surface area contributed by atoms with Crippen molar-refractivity contribution in [3.05, 3.63) is 72.3 Å². The van der Waals surface area contributed by atoms with Crippen LogP contribution in [0.3, 0.4) is 0 Å². The fourth-order valence-corrected chi connectivity index (χ4v) is 3.56. The van der Waals surface area contributed by atoms with E-state index in [0.29, 0.717) is 35.7 Å². The Morgan fingerprint density at radius 3 is 2.51 bits per heavy atom. The zero-order valence-electron chi connectivity index (χ0n) is 19.7. The monoisotopic (exact) mass is 489 g/mol. The first-order chi connectivity index (χ1) is 17.1. The number of nitrogens with one attached hydrogen (secondary N) is 2. The number of hydrogen-bond donors (Lipinski definition) is 2. The average Bonchev–Trinajstić information content (AvgIpc) is 3.28. The van der Waals surface area contributed by atoms with Crippen molar-refractivity contribution in [3.63, 3.8) is 0 Å². The van der Waals surface area contributed by atoms with Crippen molar-refractivity contribution in [1.82, 2.24) is 20.3 Å². The lowest BCUT2D eigenvalue weighted by Crippen LogP contribution is -2.34. The van der Waals surface area contributed by atoms with Crippen molar-refractivity contribution in [2.45, 2.75) is 26.7 Å². The van der Waals surface area contributed by atoms with Crippen molar-refractivity contribution in [2.75, 3.05) is 18.5 Å². The average molecular weight is 490 g/mol. The molecule has 4 aromatic rings. The molecule has 0 bridgehead atoms. The number of thiocarbonyl (C=S) groups is 1. The van der Waals surface area contributed by atoms with Gasteiger partial charge < -0.3 is 14.8 Å². The van der Waals surface area contributed by atoms with Gasteiger partial charge in [0.05, 0.1) is 18.9 Å². The van der Waals surface area contributed by atoms with Gasteiger partial charge in [-0.25, -0.2) is 0 Å². The number of ether oxygens (including phenoxy) is 2. The predicted molar refractivity (Wildman–Crippen MR) is 141 cm³/mol. The molecular weight excluding hydrogens is 462 g/mol. The molecule has 0 atom stereocenters. The van der Waals surface area contributed by atoms with Crippen molar-refractivity contribution >= 4 is 40.0 Å². The Bertz CT molecular complexity index is 1320. The van der Waals surface area contributed by atoms with E-state index < -0.39 is 0 Å². The summed E-state index contributed by atoms with van der Waals surface area (Å²) in [6.07, 6.45) is 2.01. The highest BCUT2D eigenvalue weighted by atomic mass is 32.1. The molecule has 2 N–H and O–H groups in total. The van der Waals surface area contributed by atoms with E-state index in [1.165, 1.54) is 0 Å². The number of fused-ring (bicyclic) bond motifs is 1. The quantitative estimate of drug-likeness (QED) is 0.249. The maximum Gasteiger partial charge on any atom is 0.257 e. The van der Waals surface area contributed by atoms with Crippen LogP contribution in [0.2, 0.25) is 0 Å². The molecule has 1 heterocycles. The minimum absolute atomic E-state index is 0.186. The van der Waals surface area contributed by atoms with Crippen molar-refractivity contribution in [3.8, 4) is 17.2 Å². The first kappa shape index (κ1) is 24.2. The Morgan fingerprint density at radius 1 is 0.943 bits per heavy atom. The summed E-state index contributed by atoms with van der Waals surface area (Å²) in [6.45, 7) is 5.28. The SMILES string of the molecule is CCCCOc1cccc(C(=O)NC(=S)Nc2ccc3nn(-c4ccc(OCC)cc4)nc3c2)c1. The standard InChI is InChI=1S/C26H27N5O3S/c1-3-5-15-34-22-8-6-7-18(16-22)25(32)28-26(35)27-19-9-14-23-24(17-19)30-31(29-23)20-10-12-21(13-11-20)33-4-2/h6-14,16-17H,3-5,15H2,1-2H3,(H2,27,28,32,35). The van der Waals surface area contributed by atoms with Gasteiger partial charge in [-0.3, -0.25) is 10.1 Å². The highest BCUT2D eigenvalue weighted by Crippen LogP contribution is 2.19. The molecule has 1 aromatic heterocycles. The van der Waals surface area contributed by atoms with Crippen LogP contribution < -0.4 is 20.1 Å². The van der Waals surface area contributed by atoms with E-state index in [4.69, 9.17) is 21.7 Å². The highest BCUT2D eigenvalue weighted by Gasteiger charge is 2.11. The first-order valence-corrected chi connectivity index (χ1v) is 11.9. The molecule has 0 radical (unpaired) electrons. The van der Waals surface area contributed by atoms with Gasteiger partial charge in [-0.2, -0.15) is 4.80 Å². The van der Waals surface area contributed by atoms with Crippen LogP contribution in [0.5, 0.6) is 11.5 Å². The maximum absolute atomic E-state index is 12.6. The molecule has 8 nitrogen and oxygen atoms in total. The number of unbranched alkanes of at least 4 members (excludes halogenated alkanes) is 1. The van der Waals surface area contributed by atoms with Gasteiger partial charge in [-0.1, -0.05) is 19.4 Å². The fourth-order valence-electron chi connectivity index (χ4n) is 3.35. The number of aromatic nitrogens is 3. The predicted octanol–water partition coefficient (Wildman–Crippen LogP) is 5.12. The van der Waals surface area contributed by atoms with Crippen LogP contribution in [0, 0.1) is 0 Å². The minimum atomic E-state index is -0.314. The summed E-state index contributed by atoms with van der Waals surface area (Å²) in [5.74, 6) is 1.14. The lowest BCUT2D eigenvalue weighted by Gasteiger charge is -2.10.